The van der Waals surface area contributed by atoms with Crippen LogP contribution in [-0.2, 0) is 51.1 Å². The number of amides is 6. The SMILES string of the molecule is C=C(CO[C@H](C)[C@H](NC(=O)[C@H](C)NC)C(=O)N1CCC[C@H]1C(=O)N[C@@H]1CCCc2ccccc21)CO[C@H](C)[C@H](NC(=O)[C@H](C)NC)C(=O)N1CCC[C@H]1C(=O)N[C@@H]1CCCc2ccccc21. The van der Waals surface area contributed by atoms with Crippen molar-refractivity contribution >= 4 is 35.4 Å². The van der Waals surface area contributed by atoms with Gasteiger partial charge >= 0.3 is 0 Å². The second-order valence-corrected chi connectivity index (χ2v) is 18.5. The van der Waals surface area contributed by atoms with Gasteiger partial charge in [0.2, 0.25) is 35.4 Å². The van der Waals surface area contributed by atoms with Gasteiger partial charge in [0.15, 0.2) is 0 Å². The number of likely N-dealkylation sites (tertiary alicyclic amines) is 2. The zero-order valence-corrected chi connectivity index (χ0v) is 39.7. The summed E-state index contributed by atoms with van der Waals surface area (Å²) in [6.45, 7) is 11.5. The molecule has 0 saturated carbocycles. The third-order valence-electron chi connectivity index (χ3n) is 13.9. The van der Waals surface area contributed by atoms with Gasteiger partial charge in [0, 0.05) is 13.1 Å². The summed E-state index contributed by atoms with van der Waals surface area (Å²) in [5.74, 6) is -2.06. The van der Waals surface area contributed by atoms with E-state index in [0.717, 1.165) is 49.7 Å². The Morgan fingerprint density at radius 2 is 1.00 bits per heavy atom. The fourth-order valence-corrected chi connectivity index (χ4v) is 9.62. The Balaban J connectivity index is 1.08. The van der Waals surface area contributed by atoms with Crippen molar-refractivity contribution in [3.8, 4) is 0 Å². The summed E-state index contributed by atoms with van der Waals surface area (Å²) in [5.41, 5.74) is 5.14. The molecule has 0 radical (unpaired) electrons. The van der Waals surface area contributed by atoms with Gasteiger partial charge < -0.3 is 51.2 Å². The van der Waals surface area contributed by atoms with E-state index in [1.807, 2.05) is 24.3 Å². The summed E-state index contributed by atoms with van der Waals surface area (Å²) < 4.78 is 12.4. The van der Waals surface area contributed by atoms with E-state index in [-0.39, 0.29) is 37.1 Å². The first-order valence-corrected chi connectivity index (χ1v) is 23.9. The van der Waals surface area contributed by atoms with Crippen LogP contribution in [0.15, 0.2) is 60.7 Å². The molecule has 0 spiro atoms. The van der Waals surface area contributed by atoms with Crippen LogP contribution in [-0.4, -0.2) is 134 Å². The van der Waals surface area contributed by atoms with E-state index in [9.17, 15) is 28.8 Å². The largest absolute Gasteiger partial charge is 0.371 e. The van der Waals surface area contributed by atoms with E-state index in [2.05, 4.69) is 62.7 Å². The van der Waals surface area contributed by atoms with Crippen molar-refractivity contribution < 1.29 is 38.2 Å². The average molecular weight is 913 g/mol. The number of benzene rings is 2. The molecule has 16 nitrogen and oxygen atoms in total. The minimum atomic E-state index is -1.12. The molecule has 6 rings (SSSR count). The second-order valence-electron chi connectivity index (χ2n) is 18.5. The molecule has 2 heterocycles. The molecule has 16 heteroatoms. The topological polar surface area (TPSA) is 200 Å². The van der Waals surface area contributed by atoms with Gasteiger partial charge in [-0.15, -0.1) is 0 Å². The Hall–Kier alpha value is -5.16. The smallest absolute Gasteiger partial charge is 0.248 e. The lowest BCUT2D eigenvalue weighted by Gasteiger charge is -2.34. The Kier molecular flexibility index (Phi) is 17.9. The number of rotatable bonds is 20. The molecule has 6 N–H and O–H groups in total. The number of hydrogen-bond acceptors (Lipinski definition) is 10. The van der Waals surface area contributed by atoms with Crippen molar-refractivity contribution in [2.45, 2.75) is 152 Å². The van der Waals surface area contributed by atoms with Crippen molar-refractivity contribution in [2.75, 3.05) is 40.4 Å². The summed E-state index contributed by atoms with van der Waals surface area (Å²) in [6.07, 6.45) is 6.06. The van der Waals surface area contributed by atoms with E-state index in [4.69, 9.17) is 9.47 Å². The Morgan fingerprint density at radius 1 is 0.606 bits per heavy atom. The summed E-state index contributed by atoms with van der Waals surface area (Å²) >= 11 is 0. The molecule has 360 valence electrons. The standard InChI is InChI=1S/C50H72N8O8/c1-30(28-65-33(4)43(55-45(59)31(2)51-6)49(63)57-26-14-24-41(57)47(61)53-39-22-12-18-35-16-8-10-20-37(35)39)29-66-34(5)44(56-46(60)32(3)52-7)50(64)58-27-15-25-42(58)48(62)54-40-23-13-19-36-17-9-11-21-38(36)40/h8-11,16-17,20-21,31-34,39-44,51-52H,1,12-15,18-19,22-29H2,2-7H3,(H,53,61)(H,54,62)(H,55,59)(H,56,60)/t31-,32-,33+,34+,39+,40+,41-,42-,43-,44-/m0/s1. The molecule has 2 aliphatic carbocycles. The number of carbonyl (C=O) groups excluding carboxylic acids is 6. The molecule has 6 amide bonds. The van der Waals surface area contributed by atoms with Crippen molar-refractivity contribution in [1.82, 2.24) is 41.7 Å². The Morgan fingerprint density at radius 3 is 1.39 bits per heavy atom. The molecule has 2 aromatic carbocycles. The summed E-state index contributed by atoms with van der Waals surface area (Å²) in [6, 6.07) is 11.1. The molecule has 2 aliphatic heterocycles. The molecule has 0 bridgehead atoms. The number of aryl methyl sites for hydroxylation is 2. The normalized spacial score (nSPS) is 22.9. The molecule has 0 unspecified atom stereocenters. The molecule has 2 fully saturated rings. The van der Waals surface area contributed by atoms with Crippen molar-refractivity contribution in [3.05, 3.63) is 82.9 Å². The molecular formula is C50H72N8O8. The van der Waals surface area contributed by atoms with Crippen molar-refractivity contribution in [3.63, 3.8) is 0 Å². The van der Waals surface area contributed by atoms with Gasteiger partial charge in [0.05, 0.1) is 49.6 Å². The highest BCUT2D eigenvalue weighted by Crippen LogP contribution is 2.32. The van der Waals surface area contributed by atoms with Crippen LogP contribution in [0.25, 0.3) is 0 Å². The van der Waals surface area contributed by atoms with E-state index in [1.165, 1.54) is 11.1 Å². The maximum Gasteiger partial charge on any atom is 0.248 e. The average Bonchev–Trinajstić information content (AvgIpc) is 4.04. The lowest BCUT2D eigenvalue weighted by Crippen LogP contribution is -2.59. The van der Waals surface area contributed by atoms with Crippen LogP contribution < -0.4 is 31.9 Å². The van der Waals surface area contributed by atoms with Crippen LogP contribution in [0.1, 0.15) is 113 Å². The maximum absolute atomic E-state index is 14.4. The minimum absolute atomic E-state index is 0.0550. The zero-order valence-electron chi connectivity index (χ0n) is 39.7. The molecular weight excluding hydrogens is 841 g/mol. The van der Waals surface area contributed by atoms with E-state index in [1.54, 1.807) is 51.6 Å². The van der Waals surface area contributed by atoms with Gasteiger partial charge in [-0.05, 0) is 134 Å². The minimum Gasteiger partial charge on any atom is -0.371 e. The third-order valence-corrected chi connectivity index (χ3v) is 13.9. The quantitative estimate of drug-likeness (QED) is 0.108. The fraction of sp³-hybridized carbons (Fsp3) is 0.600. The van der Waals surface area contributed by atoms with Crippen LogP contribution in [0.4, 0.5) is 0 Å². The predicted octanol–water partition coefficient (Wildman–Crippen LogP) is 2.91. The van der Waals surface area contributed by atoms with Gasteiger partial charge in [-0.1, -0.05) is 55.1 Å². The highest BCUT2D eigenvalue weighted by Gasteiger charge is 2.43. The predicted molar refractivity (Wildman–Crippen MR) is 251 cm³/mol. The number of nitrogens with zero attached hydrogens (tertiary/aromatic N) is 2. The van der Waals surface area contributed by atoms with Crippen molar-refractivity contribution in [1.29, 1.82) is 0 Å². The van der Waals surface area contributed by atoms with Crippen molar-refractivity contribution in [2.24, 2.45) is 0 Å². The van der Waals surface area contributed by atoms with Gasteiger partial charge in [-0.25, -0.2) is 0 Å². The van der Waals surface area contributed by atoms with E-state index >= 15 is 0 Å². The molecule has 66 heavy (non-hydrogen) atoms. The second kappa shape index (κ2) is 23.5. The van der Waals surface area contributed by atoms with E-state index in [0.29, 0.717) is 44.3 Å². The molecule has 0 aromatic heterocycles. The van der Waals surface area contributed by atoms with Gasteiger partial charge in [-0.3, -0.25) is 28.8 Å². The van der Waals surface area contributed by atoms with Crippen LogP contribution in [0.2, 0.25) is 0 Å². The number of nitrogens with one attached hydrogen (secondary N) is 6. The monoisotopic (exact) mass is 913 g/mol. The van der Waals surface area contributed by atoms with Gasteiger partial charge in [0.25, 0.3) is 0 Å². The number of hydrogen-bond donors (Lipinski definition) is 6. The lowest BCUT2D eigenvalue weighted by atomic mass is 9.87. The summed E-state index contributed by atoms with van der Waals surface area (Å²) in [4.78, 5) is 86.1. The number of ether oxygens (including phenoxy) is 2. The molecule has 10 atom stereocenters. The number of likely N-dealkylation sites (N-methyl/N-ethyl adjacent to an activating group) is 2. The molecule has 4 aliphatic rings. The maximum atomic E-state index is 14.4. The van der Waals surface area contributed by atoms with Crippen LogP contribution in [0.3, 0.4) is 0 Å². The first-order valence-electron chi connectivity index (χ1n) is 23.9. The Bertz CT molecular complexity index is 1920. The summed E-state index contributed by atoms with van der Waals surface area (Å²) in [5, 5.41) is 18.0. The fourth-order valence-electron chi connectivity index (χ4n) is 9.62. The molecule has 2 saturated heterocycles. The highest BCUT2D eigenvalue weighted by molar-refractivity contribution is 5.95. The number of fused-ring (bicyclic) bond motifs is 2. The summed E-state index contributed by atoms with van der Waals surface area (Å²) in [7, 11) is 3.30. The first kappa shape index (κ1) is 50.3. The third kappa shape index (κ3) is 12.2. The van der Waals surface area contributed by atoms with Gasteiger partial charge in [-0.2, -0.15) is 0 Å². The lowest BCUT2D eigenvalue weighted by molar-refractivity contribution is -0.145. The zero-order chi connectivity index (χ0) is 47.5. The van der Waals surface area contributed by atoms with Gasteiger partial charge in [0.1, 0.15) is 24.2 Å². The Labute approximate surface area is 390 Å². The van der Waals surface area contributed by atoms with Crippen LogP contribution in [0, 0.1) is 0 Å². The van der Waals surface area contributed by atoms with Crippen LogP contribution in [0.5, 0.6) is 0 Å². The van der Waals surface area contributed by atoms with Crippen LogP contribution >= 0.6 is 0 Å². The first-order chi connectivity index (χ1) is 31.7. The molecule has 2 aromatic rings. The number of carbonyl (C=O) groups is 6. The highest BCUT2D eigenvalue weighted by atomic mass is 16.5. The van der Waals surface area contributed by atoms with E-state index < -0.39 is 72.1 Å².